The van der Waals surface area contributed by atoms with Crippen LogP contribution in [-0.2, 0) is 6.54 Å². The zero-order chi connectivity index (χ0) is 13.1. The first-order valence-corrected chi connectivity index (χ1v) is 6.95. The monoisotopic (exact) mass is 275 g/mol. The molecule has 1 fully saturated rings. The van der Waals surface area contributed by atoms with Crippen LogP contribution in [-0.4, -0.2) is 21.2 Å². The molecule has 2 heterocycles. The van der Waals surface area contributed by atoms with Crippen LogP contribution in [0.1, 0.15) is 30.0 Å². The number of hydrogen-bond acceptors (Lipinski definition) is 5. The van der Waals surface area contributed by atoms with E-state index in [1.165, 1.54) is 29.7 Å². The maximum Gasteiger partial charge on any atom is 0.321 e. The van der Waals surface area contributed by atoms with Crippen LogP contribution in [0, 0.1) is 0 Å². The van der Waals surface area contributed by atoms with Gasteiger partial charge < -0.3 is 5.32 Å². The predicted octanol–water partition coefficient (Wildman–Crippen LogP) is 2.13. The summed E-state index contributed by atoms with van der Waals surface area (Å²) in [4.78, 5) is 15.9. The minimum atomic E-state index is -0.301. The standard InChI is InChI=1S/C12H13N5OS/c18-11(16-12-17-15-7-19-12)14-6-10-4-3-9(5-13-10)8-1-2-8/h3-5,7-8H,1-2,6H2,(H2,14,16,17,18). The van der Waals surface area contributed by atoms with Gasteiger partial charge in [0.2, 0.25) is 5.13 Å². The van der Waals surface area contributed by atoms with Gasteiger partial charge in [0.05, 0.1) is 12.2 Å². The first-order chi connectivity index (χ1) is 9.31. The molecule has 1 aliphatic rings. The van der Waals surface area contributed by atoms with E-state index in [2.05, 4.69) is 31.9 Å². The first-order valence-electron chi connectivity index (χ1n) is 6.07. The lowest BCUT2D eigenvalue weighted by Crippen LogP contribution is -2.28. The van der Waals surface area contributed by atoms with Crippen molar-refractivity contribution in [2.75, 3.05) is 5.32 Å². The third-order valence-electron chi connectivity index (χ3n) is 2.91. The van der Waals surface area contributed by atoms with Crippen molar-refractivity contribution in [3.05, 3.63) is 35.1 Å². The molecule has 0 radical (unpaired) electrons. The number of anilines is 1. The van der Waals surface area contributed by atoms with Gasteiger partial charge in [-0.3, -0.25) is 10.3 Å². The van der Waals surface area contributed by atoms with Gasteiger partial charge in [0, 0.05) is 6.20 Å². The van der Waals surface area contributed by atoms with Crippen molar-refractivity contribution in [3.8, 4) is 0 Å². The smallest absolute Gasteiger partial charge is 0.321 e. The average molecular weight is 275 g/mol. The molecule has 1 saturated carbocycles. The van der Waals surface area contributed by atoms with Crippen LogP contribution in [0.25, 0.3) is 0 Å². The van der Waals surface area contributed by atoms with E-state index < -0.39 is 0 Å². The van der Waals surface area contributed by atoms with Crippen LogP contribution in [0.15, 0.2) is 23.8 Å². The third-order valence-corrected chi connectivity index (χ3v) is 3.51. The van der Waals surface area contributed by atoms with Crippen LogP contribution in [0.5, 0.6) is 0 Å². The van der Waals surface area contributed by atoms with E-state index in [0.29, 0.717) is 17.6 Å². The van der Waals surface area contributed by atoms with Gasteiger partial charge in [-0.05, 0) is 30.4 Å². The number of nitrogens with one attached hydrogen (secondary N) is 2. The van der Waals surface area contributed by atoms with Gasteiger partial charge >= 0.3 is 6.03 Å². The summed E-state index contributed by atoms with van der Waals surface area (Å²) in [6.07, 6.45) is 4.43. The molecule has 0 bridgehead atoms. The largest absolute Gasteiger partial charge is 0.332 e. The van der Waals surface area contributed by atoms with Crippen LogP contribution < -0.4 is 10.6 Å². The Balaban J connectivity index is 1.49. The lowest BCUT2D eigenvalue weighted by Gasteiger charge is -2.05. The summed E-state index contributed by atoms with van der Waals surface area (Å²) < 4.78 is 0. The topological polar surface area (TPSA) is 79.8 Å². The summed E-state index contributed by atoms with van der Waals surface area (Å²) >= 11 is 1.28. The molecule has 0 unspecified atom stereocenters. The van der Waals surface area contributed by atoms with Gasteiger partial charge in [-0.15, -0.1) is 10.2 Å². The molecule has 0 aromatic carbocycles. The van der Waals surface area contributed by atoms with Crippen molar-refractivity contribution < 1.29 is 4.79 Å². The maximum atomic E-state index is 11.6. The molecule has 0 saturated heterocycles. The second-order valence-corrected chi connectivity index (χ2v) is 5.24. The van der Waals surface area contributed by atoms with Gasteiger partial charge in [-0.1, -0.05) is 17.4 Å². The van der Waals surface area contributed by atoms with E-state index in [0.717, 1.165) is 5.69 Å². The van der Waals surface area contributed by atoms with Gasteiger partial charge in [0.1, 0.15) is 5.51 Å². The molecule has 3 rings (SSSR count). The molecule has 2 amide bonds. The fourth-order valence-corrected chi connectivity index (χ4v) is 2.18. The number of carbonyl (C=O) groups is 1. The molecule has 0 atom stereocenters. The Kier molecular flexibility index (Phi) is 3.37. The summed E-state index contributed by atoms with van der Waals surface area (Å²) in [5.74, 6) is 0.704. The van der Waals surface area contributed by atoms with Crippen molar-refractivity contribution in [1.29, 1.82) is 0 Å². The molecule has 7 heteroatoms. The van der Waals surface area contributed by atoms with Crippen molar-refractivity contribution in [3.63, 3.8) is 0 Å². The molecule has 2 N–H and O–H groups in total. The molecule has 2 aromatic heterocycles. The van der Waals surface area contributed by atoms with E-state index >= 15 is 0 Å². The summed E-state index contributed by atoms with van der Waals surface area (Å²) in [5.41, 5.74) is 3.70. The van der Waals surface area contributed by atoms with E-state index in [1.54, 1.807) is 5.51 Å². The molecular formula is C12H13N5OS. The number of pyridine rings is 1. The first kappa shape index (κ1) is 12.0. The van der Waals surface area contributed by atoms with Crippen molar-refractivity contribution in [1.82, 2.24) is 20.5 Å². The van der Waals surface area contributed by atoms with Crippen LogP contribution >= 0.6 is 11.3 Å². The normalized spacial score (nSPS) is 14.1. The molecule has 2 aromatic rings. The van der Waals surface area contributed by atoms with E-state index in [-0.39, 0.29) is 6.03 Å². The summed E-state index contributed by atoms with van der Waals surface area (Å²) in [6.45, 7) is 0.398. The zero-order valence-electron chi connectivity index (χ0n) is 10.2. The number of amides is 2. The minimum Gasteiger partial charge on any atom is -0.332 e. The van der Waals surface area contributed by atoms with Crippen molar-refractivity contribution in [2.24, 2.45) is 0 Å². The Morgan fingerprint density at radius 1 is 1.42 bits per heavy atom. The number of aromatic nitrogens is 3. The van der Waals surface area contributed by atoms with Gasteiger partial charge in [0.15, 0.2) is 0 Å². The molecular weight excluding hydrogens is 262 g/mol. The Hall–Kier alpha value is -2.02. The average Bonchev–Trinajstić information content (AvgIpc) is 3.16. The molecule has 1 aliphatic carbocycles. The summed E-state index contributed by atoms with van der Waals surface area (Å²) in [7, 11) is 0. The van der Waals surface area contributed by atoms with Crippen molar-refractivity contribution in [2.45, 2.75) is 25.3 Å². The highest BCUT2D eigenvalue weighted by molar-refractivity contribution is 7.13. The second-order valence-electron chi connectivity index (χ2n) is 4.41. The number of carbonyl (C=O) groups excluding carboxylic acids is 1. The highest BCUT2D eigenvalue weighted by Gasteiger charge is 2.23. The number of hydrogen-bond donors (Lipinski definition) is 2. The Bertz CT molecular complexity index is 550. The molecule has 6 nitrogen and oxygen atoms in total. The van der Waals surface area contributed by atoms with Gasteiger partial charge in [0.25, 0.3) is 0 Å². The molecule has 0 aliphatic heterocycles. The molecule has 0 spiro atoms. The van der Waals surface area contributed by atoms with E-state index in [9.17, 15) is 4.79 Å². The Labute approximate surface area is 114 Å². The van der Waals surface area contributed by atoms with Crippen LogP contribution in [0.2, 0.25) is 0 Å². The molecule has 19 heavy (non-hydrogen) atoms. The summed E-state index contributed by atoms with van der Waals surface area (Å²) in [6, 6.07) is 3.74. The highest BCUT2D eigenvalue weighted by Crippen LogP contribution is 2.39. The van der Waals surface area contributed by atoms with Crippen LogP contribution in [0.3, 0.4) is 0 Å². The fourth-order valence-electron chi connectivity index (χ4n) is 1.74. The SMILES string of the molecule is O=C(NCc1ccc(C2CC2)cn1)Nc1nncs1. The number of urea groups is 1. The van der Waals surface area contributed by atoms with Crippen LogP contribution in [0.4, 0.5) is 9.93 Å². The number of rotatable bonds is 4. The Morgan fingerprint density at radius 2 is 2.32 bits per heavy atom. The highest BCUT2D eigenvalue weighted by atomic mass is 32.1. The lowest BCUT2D eigenvalue weighted by molar-refractivity contribution is 0.251. The second kappa shape index (κ2) is 5.31. The lowest BCUT2D eigenvalue weighted by atomic mass is 10.2. The molecule has 98 valence electrons. The Morgan fingerprint density at radius 3 is 2.95 bits per heavy atom. The maximum absolute atomic E-state index is 11.6. The van der Waals surface area contributed by atoms with E-state index in [4.69, 9.17) is 0 Å². The van der Waals surface area contributed by atoms with E-state index in [1.807, 2.05) is 12.3 Å². The predicted molar refractivity (Wildman–Crippen MR) is 72.0 cm³/mol. The minimum absolute atomic E-state index is 0.301. The quantitative estimate of drug-likeness (QED) is 0.895. The fraction of sp³-hybridized carbons (Fsp3) is 0.333. The summed E-state index contributed by atoms with van der Waals surface area (Å²) in [5, 5.41) is 13.2. The van der Waals surface area contributed by atoms with Gasteiger partial charge in [-0.25, -0.2) is 4.79 Å². The zero-order valence-corrected chi connectivity index (χ0v) is 11.0. The van der Waals surface area contributed by atoms with Gasteiger partial charge in [-0.2, -0.15) is 0 Å². The third kappa shape index (κ3) is 3.25. The van der Waals surface area contributed by atoms with Crippen molar-refractivity contribution >= 4 is 22.5 Å². The number of nitrogens with zero attached hydrogens (tertiary/aromatic N) is 3.